The van der Waals surface area contributed by atoms with Gasteiger partial charge in [0, 0.05) is 12.6 Å². The molecule has 1 aliphatic rings. The fourth-order valence-corrected chi connectivity index (χ4v) is 4.31. The number of hydrogen-bond acceptors (Lipinski definition) is 4. The summed E-state index contributed by atoms with van der Waals surface area (Å²) in [6.07, 6.45) is 0.630. The van der Waals surface area contributed by atoms with Gasteiger partial charge in [-0.3, -0.25) is 0 Å². The molecule has 10 heteroatoms. The molecule has 1 aromatic carbocycles. The Morgan fingerprint density at radius 2 is 2.09 bits per heavy atom. The highest BCUT2D eigenvalue weighted by Gasteiger charge is 2.37. The van der Waals surface area contributed by atoms with E-state index in [0.29, 0.717) is 19.0 Å². The van der Waals surface area contributed by atoms with Crippen molar-refractivity contribution >= 4 is 22.4 Å². The Morgan fingerprint density at radius 1 is 1.43 bits per heavy atom. The second-order valence-electron chi connectivity index (χ2n) is 5.23. The molecule has 1 aliphatic heterocycles. The van der Waals surface area contributed by atoms with E-state index >= 15 is 0 Å². The Hall–Kier alpha value is -1.03. The summed E-state index contributed by atoms with van der Waals surface area (Å²) in [6.45, 7) is -0.804. The Bertz CT molecular complexity index is 645. The van der Waals surface area contributed by atoms with Crippen LogP contribution in [0.4, 0.5) is 13.2 Å². The Morgan fingerprint density at radius 3 is 2.57 bits per heavy atom. The van der Waals surface area contributed by atoms with E-state index in [1.807, 2.05) is 0 Å². The molecule has 1 heterocycles. The second-order valence-corrected chi connectivity index (χ2v) is 7.12. The first kappa shape index (κ1) is 20.0. The van der Waals surface area contributed by atoms with Crippen molar-refractivity contribution in [2.24, 2.45) is 11.7 Å². The van der Waals surface area contributed by atoms with Crippen molar-refractivity contribution in [3.63, 3.8) is 0 Å². The minimum atomic E-state index is -3.90. The Balaban J connectivity index is 0.00000264. The molecule has 2 N–H and O–H groups in total. The standard InChI is InChI=1S/C13H17F3N2O3S.ClH/c1-8-4-9(6-17)7-18(8)22(19,20)10-2-3-12(11(14)5-10)21-13(15)16;/h2-3,5,8-9,13H,4,6-7,17H2,1H3;1H. The van der Waals surface area contributed by atoms with Crippen LogP contribution in [-0.2, 0) is 10.0 Å². The van der Waals surface area contributed by atoms with Gasteiger partial charge in [0.1, 0.15) is 0 Å². The third kappa shape index (κ3) is 4.28. The average molecular weight is 375 g/mol. The molecule has 23 heavy (non-hydrogen) atoms. The van der Waals surface area contributed by atoms with Gasteiger partial charge in [-0.2, -0.15) is 13.1 Å². The van der Waals surface area contributed by atoms with Gasteiger partial charge in [0.25, 0.3) is 0 Å². The van der Waals surface area contributed by atoms with Crippen LogP contribution in [0.3, 0.4) is 0 Å². The number of rotatable bonds is 5. The van der Waals surface area contributed by atoms with E-state index in [9.17, 15) is 21.6 Å². The van der Waals surface area contributed by atoms with E-state index in [1.54, 1.807) is 6.92 Å². The fraction of sp³-hybridized carbons (Fsp3) is 0.538. The molecule has 132 valence electrons. The molecule has 1 saturated heterocycles. The summed E-state index contributed by atoms with van der Waals surface area (Å²) in [6, 6.07) is 2.38. The van der Waals surface area contributed by atoms with Gasteiger partial charge in [0.05, 0.1) is 4.90 Å². The quantitative estimate of drug-likeness (QED) is 0.857. The number of hydrogen-bond donors (Lipinski definition) is 1. The maximum Gasteiger partial charge on any atom is 0.387 e. The van der Waals surface area contributed by atoms with Crippen molar-refractivity contribution in [1.82, 2.24) is 4.31 Å². The molecule has 0 saturated carbocycles. The summed E-state index contributed by atoms with van der Waals surface area (Å²) in [5, 5.41) is 0. The van der Waals surface area contributed by atoms with Crippen LogP contribution in [-0.4, -0.2) is 38.5 Å². The highest BCUT2D eigenvalue weighted by Crippen LogP contribution is 2.30. The van der Waals surface area contributed by atoms with E-state index in [4.69, 9.17) is 5.73 Å². The van der Waals surface area contributed by atoms with Gasteiger partial charge >= 0.3 is 6.61 Å². The summed E-state index contributed by atoms with van der Waals surface area (Å²) in [7, 11) is -3.90. The lowest BCUT2D eigenvalue weighted by Crippen LogP contribution is -2.34. The maximum atomic E-state index is 13.7. The van der Waals surface area contributed by atoms with Crippen LogP contribution in [0.15, 0.2) is 23.1 Å². The number of nitrogens with zero attached hydrogens (tertiary/aromatic N) is 1. The first-order valence-electron chi connectivity index (χ1n) is 6.72. The molecule has 2 rings (SSSR count). The van der Waals surface area contributed by atoms with Crippen molar-refractivity contribution in [3.8, 4) is 5.75 Å². The number of benzene rings is 1. The minimum absolute atomic E-state index is 0. The lowest BCUT2D eigenvalue weighted by Gasteiger charge is -2.21. The molecule has 0 radical (unpaired) electrons. The zero-order valence-electron chi connectivity index (χ0n) is 12.3. The molecular formula is C13H18ClF3N2O3S. The number of sulfonamides is 1. The van der Waals surface area contributed by atoms with Crippen LogP contribution in [0, 0.1) is 11.7 Å². The monoisotopic (exact) mass is 374 g/mol. The van der Waals surface area contributed by atoms with Crippen LogP contribution in [0.25, 0.3) is 0 Å². The van der Waals surface area contributed by atoms with Crippen LogP contribution >= 0.6 is 12.4 Å². The molecule has 2 atom stereocenters. The average Bonchev–Trinajstić information content (AvgIpc) is 2.82. The van der Waals surface area contributed by atoms with Crippen molar-refractivity contribution < 1.29 is 26.3 Å². The normalized spacial score (nSPS) is 22.2. The molecule has 1 fully saturated rings. The van der Waals surface area contributed by atoms with Crippen LogP contribution < -0.4 is 10.5 Å². The molecule has 2 unspecified atom stereocenters. The zero-order chi connectivity index (χ0) is 16.5. The molecule has 0 amide bonds. The highest BCUT2D eigenvalue weighted by atomic mass is 35.5. The van der Waals surface area contributed by atoms with E-state index in [2.05, 4.69) is 4.74 Å². The van der Waals surface area contributed by atoms with Crippen molar-refractivity contribution in [2.75, 3.05) is 13.1 Å². The molecule has 5 nitrogen and oxygen atoms in total. The third-order valence-electron chi connectivity index (χ3n) is 3.66. The van der Waals surface area contributed by atoms with E-state index in [-0.39, 0.29) is 35.8 Å². The molecule has 0 aliphatic carbocycles. The summed E-state index contributed by atoms with van der Waals surface area (Å²) < 4.78 is 68.1. The largest absolute Gasteiger partial charge is 0.432 e. The van der Waals surface area contributed by atoms with Gasteiger partial charge < -0.3 is 10.5 Å². The molecule has 0 bridgehead atoms. The highest BCUT2D eigenvalue weighted by molar-refractivity contribution is 7.89. The second kappa shape index (κ2) is 7.69. The van der Waals surface area contributed by atoms with Gasteiger partial charge in [0.2, 0.25) is 10.0 Å². The first-order valence-corrected chi connectivity index (χ1v) is 8.16. The van der Waals surface area contributed by atoms with Gasteiger partial charge in [0.15, 0.2) is 11.6 Å². The lowest BCUT2D eigenvalue weighted by atomic mass is 10.1. The molecule has 0 aromatic heterocycles. The number of ether oxygens (including phenoxy) is 1. The third-order valence-corrected chi connectivity index (χ3v) is 5.64. The van der Waals surface area contributed by atoms with Gasteiger partial charge in [-0.1, -0.05) is 0 Å². The van der Waals surface area contributed by atoms with Crippen LogP contribution in [0.2, 0.25) is 0 Å². The maximum absolute atomic E-state index is 13.7. The van der Waals surface area contributed by atoms with Crippen molar-refractivity contribution in [2.45, 2.75) is 30.9 Å². The summed E-state index contributed by atoms with van der Waals surface area (Å²) in [5.74, 6) is -1.79. The zero-order valence-corrected chi connectivity index (χ0v) is 13.9. The summed E-state index contributed by atoms with van der Waals surface area (Å²) in [5.41, 5.74) is 5.56. The predicted octanol–water partition coefficient (Wildman–Crippen LogP) is 2.21. The first-order chi connectivity index (χ1) is 10.3. The molecular weight excluding hydrogens is 357 g/mol. The van der Waals surface area contributed by atoms with Gasteiger partial charge in [-0.25, -0.2) is 12.8 Å². The van der Waals surface area contributed by atoms with Crippen molar-refractivity contribution in [3.05, 3.63) is 24.0 Å². The lowest BCUT2D eigenvalue weighted by molar-refractivity contribution is -0.0522. The van der Waals surface area contributed by atoms with Crippen LogP contribution in [0.1, 0.15) is 13.3 Å². The molecule has 0 spiro atoms. The van der Waals surface area contributed by atoms with E-state index < -0.39 is 28.2 Å². The van der Waals surface area contributed by atoms with Gasteiger partial charge in [-0.15, -0.1) is 12.4 Å². The SMILES string of the molecule is CC1CC(CN)CN1S(=O)(=O)c1ccc(OC(F)F)c(F)c1.Cl. The van der Waals surface area contributed by atoms with Crippen molar-refractivity contribution in [1.29, 1.82) is 0 Å². The van der Waals surface area contributed by atoms with E-state index in [1.165, 1.54) is 4.31 Å². The smallest absolute Gasteiger partial charge is 0.387 e. The summed E-state index contributed by atoms with van der Waals surface area (Å²) >= 11 is 0. The minimum Gasteiger partial charge on any atom is -0.432 e. The predicted molar refractivity (Wildman–Crippen MR) is 80.8 cm³/mol. The topological polar surface area (TPSA) is 72.6 Å². The van der Waals surface area contributed by atoms with E-state index in [0.717, 1.165) is 12.1 Å². The van der Waals surface area contributed by atoms with Gasteiger partial charge in [-0.05, 0) is 44.0 Å². The Labute approximate surface area is 139 Å². The number of halogens is 4. The van der Waals surface area contributed by atoms with Crippen LogP contribution in [0.5, 0.6) is 5.75 Å². The number of alkyl halides is 2. The fourth-order valence-electron chi connectivity index (χ4n) is 2.58. The Kier molecular flexibility index (Phi) is 6.70. The summed E-state index contributed by atoms with van der Waals surface area (Å²) in [4.78, 5) is -0.295. The molecule has 1 aromatic rings. The number of nitrogens with two attached hydrogens (primary N) is 1.